The molecular weight excluding hydrogens is 168 g/mol. The Bertz CT molecular complexity index is 147. The van der Waals surface area contributed by atoms with Gasteiger partial charge in [0.1, 0.15) is 0 Å². The van der Waals surface area contributed by atoms with Crippen LogP contribution < -0.4 is 0 Å². The van der Waals surface area contributed by atoms with E-state index < -0.39 is 0 Å². The fraction of sp³-hybridized carbons (Fsp3) is 0.643. The van der Waals surface area contributed by atoms with Crippen LogP contribution in [0.15, 0.2) is 24.3 Å². The van der Waals surface area contributed by atoms with Crippen LogP contribution in [0.25, 0.3) is 0 Å². The second-order valence-electron chi connectivity index (χ2n) is 4.05. The Balaban J connectivity index is 2.17. The summed E-state index contributed by atoms with van der Waals surface area (Å²) in [6.45, 7) is 0. The predicted molar refractivity (Wildman–Crippen MR) is 64.1 cm³/mol. The van der Waals surface area contributed by atoms with Crippen molar-refractivity contribution < 1.29 is 0 Å². The van der Waals surface area contributed by atoms with E-state index in [0.29, 0.717) is 0 Å². The molecule has 1 aliphatic rings. The van der Waals surface area contributed by atoms with Gasteiger partial charge < -0.3 is 0 Å². The van der Waals surface area contributed by atoms with Gasteiger partial charge in [-0.3, -0.25) is 0 Å². The minimum Gasteiger partial charge on any atom is -0.0882 e. The second-order valence-corrected chi connectivity index (χ2v) is 4.05. The van der Waals surface area contributed by atoms with Crippen molar-refractivity contribution in [2.75, 3.05) is 0 Å². The molecule has 14 heavy (non-hydrogen) atoms. The molecule has 0 spiro atoms. The van der Waals surface area contributed by atoms with Crippen molar-refractivity contribution in [2.45, 2.75) is 57.8 Å². The highest BCUT2D eigenvalue weighted by molar-refractivity contribution is 4.94. The van der Waals surface area contributed by atoms with E-state index in [9.17, 15) is 0 Å². The molecule has 0 nitrogen and oxygen atoms in total. The first-order valence-electron chi connectivity index (χ1n) is 6.12. The SMILES string of the molecule is [CH]1CC=CCC=CCCCCCCC1. The van der Waals surface area contributed by atoms with Gasteiger partial charge >= 0.3 is 0 Å². The third-order valence-corrected chi connectivity index (χ3v) is 2.69. The molecule has 0 saturated heterocycles. The molecule has 0 atom stereocenters. The van der Waals surface area contributed by atoms with Crippen LogP contribution in [-0.4, -0.2) is 0 Å². The van der Waals surface area contributed by atoms with E-state index in [-0.39, 0.29) is 0 Å². The number of hydrogen-bond acceptors (Lipinski definition) is 0. The van der Waals surface area contributed by atoms with E-state index in [1.165, 1.54) is 44.9 Å². The molecule has 0 aromatic carbocycles. The molecule has 0 aromatic heterocycles. The lowest BCUT2D eigenvalue weighted by Crippen LogP contribution is -1.81. The number of allylic oxidation sites excluding steroid dienone is 4. The highest BCUT2D eigenvalue weighted by Gasteiger charge is 1.91. The number of rotatable bonds is 0. The van der Waals surface area contributed by atoms with Crippen molar-refractivity contribution in [1.29, 1.82) is 0 Å². The molecule has 0 saturated carbocycles. The van der Waals surface area contributed by atoms with Crippen molar-refractivity contribution in [3.8, 4) is 0 Å². The second kappa shape index (κ2) is 9.05. The zero-order valence-electron chi connectivity index (χ0n) is 9.25. The van der Waals surface area contributed by atoms with Gasteiger partial charge in [0.05, 0.1) is 0 Å². The van der Waals surface area contributed by atoms with E-state index >= 15 is 0 Å². The van der Waals surface area contributed by atoms with Gasteiger partial charge in [0.15, 0.2) is 0 Å². The molecule has 0 bridgehead atoms. The van der Waals surface area contributed by atoms with E-state index in [4.69, 9.17) is 0 Å². The van der Waals surface area contributed by atoms with Gasteiger partial charge in [-0.15, -0.1) is 0 Å². The lowest BCUT2D eigenvalue weighted by molar-refractivity contribution is 0.612. The summed E-state index contributed by atoms with van der Waals surface area (Å²) in [6.07, 6.45) is 23.5. The third-order valence-electron chi connectivity index (χ3n) is 2.69. The van der Waals surface area contributed by atoms with E-state index in [0.717, 1.165) is 12.8 Å². The van der Waals surface area contributed by atoms with Gasteiger partial charge in [0.2, 0.25) is 0 Å². The van der Waals surface area contributed by atoms with Crippen LogP contribution in [0.3, 0.4) is 0 Å². The van der Waals surface area contributed by atoms with E-state index in [1.807, 2.05) is 0 Å². The molecule has 0 heteroatoms. The smallest absolute Gasteiger partial charge is 0.0169 e. The van der Waals surface area contributed by atoms with Crippen molar-refractivity contribution in [2.24, 2.45) is 0 Å². The lowest BCUT2D eigenvalue weighted by Gasteiger charge is -2.00. The summed E-state index contributed by atoms with van der Waals surface area (Å²) in [5.74, 6) is 0. The van der Waals surface area contributed by atoms with Gasteiger partial charge in [0.25, 0.3) is 0 Å². The fourth-order valence-electron chi connectivity index (χ4n) is 1.78. The van der Waals surface area contributed by atoms with Crippen LogP contribution in [0.5, 0.6) is 0 Å². The minimum absolute atomic E-state index is 1.12. The van der Waals surface area contributed by atoms with Gasteiger partial charge in [0, 0.05) is 0 Å². The van der Waals surface area contributed by atoms with Crippen LogP contribution in [0, 0.1) is 6.42 Å². The predicted octanol–water partition coefficient (Wildman–Crippen LogP) is 4.83. The molecule has 0 amide bonds. The summed E-state index contributed by atoms with van der Waals surface area (Å²) in [5.41, 5.74) is 0. The highest BCUT2D eigenvalue weighted by Crippen LogP contribution is 2.10. The molecule has 0 fully saturated rings. The van der Waals surface area contributed by atoms with Crippen molar-refractivity contribution in [3.63, 3.8) is 0 Å². The van der Waals surface area contributed by atoms with Crippen molar-refractivity contribution >= 4 is 0 Å². The zero-order valence-corrected chi connectivity index (χ0v) is 9.25. The third kappa shape index (κ3) is 6.94. The Morgan fingerprint density at radius 1 is 0.500 bits per heavy atom. The van der Waals surface area contributed by atoms with Crippen LogP contribution in [0.4, 0.5) is 0 Å². The minimum atomic E-state index is 1.12. The quantitative estimate of drug-likeness (QED) is 0.481. The monoisotopic (exact) mass is 191 g/mol. The molecule has 0 unspecified atom stereocenters. The highest BCUT2D eigenvalue weighted by atomic mass is 14.0. The summed E-state index contributed by atoms with van der Waals surface area (Å²) in [5, 5.41) is 0. The first-order chi connectivity index (χ1) is 7.00. The molecule has 1 aliphatic carbocycles. The summed E-state index contributed by atoms with van der Waals surface area (Å²) >= 11 is 0. The van der Waals surface area contributed by atoms with Crippen LogP contribution in [0.1, 0.15) is 57.8 Å². The molecular formula is C14H23. The normalized spacial score (nSPS) is 21.7. The fourth-order valence-corrected chi connectivity index (χ4v) is 1.78. The Morgan fingerprint density at radius 3 is 2.07 bits per heavy atom. The van der Waals surface area contributed by atoms with Gasteiger partial charge in [-0.25, -0.2) is 0 Å². The average Bonchev–Trinajstić information content (AvgIpc) is 2.22. The van der Waals surface area contributed by atoms with Crippen molar-refractivity contribution in [3.05, 3.63) is 30.7 Å². The average molecular weight is 191 g/mol. The molecule has 0 heterocycles. The van der Waals surface area contributed by atoms with Crippen LogP contribution in [0.2, 0.25) is 0 Å². The lowest BCUT2D eigenvalue weighted by atomic mass is 10.1. The number of hydrogen-bond donors (Lipinski definition) is 0. The Kier molecular flexibility index (Phi) is 7.47. The Labute approximate surface area is 89.1 Å². The summed E-state index contributed by atoms with van der Waals surface area (Å²) in [4.78, 5) is 0. The maximum absolute atomic E-state index is 2.41. The van der Waals surface area contributed by atoms with E-state index in [2.05, 4.69) is 30.7 Å². The maximum Gasteiger partial charge on any atom is -0.0169 e. The molecule has 79 valence electrons. The molecule has 0 N–H and O–H groups in total. The van der Waals surface area contributed by atoms with Crippen molar-refractivity contribution in [1.82, 2.24) is 0 Å². The van der Waals surface area contributed by atoms with Gasteiger partial charge in [-0.2, -0.15) is 0 Å². The van der Waals surface area contributed by atoms with Gasteiger partial charge in [-0.1, -0.05) is 50.0 Å². The van der Waals surface area contributed by atoms with Crippen LogP contribution in [-0.2, 0) is 0 Å². The standard InChI is InChI=1S/C14H23/c1-2-4-6-8-10-12-14-13-11-9-7-5-3-1/h1-2,5-7H,3-4,8-14H2. The van der Waals surface area contributed by atoms with E-state index in [1.54, 1.807) is 0 Å². The molecule has 0 aromatic rings. The molecule has 1 rings (SSSR count). The molecule has 1 radical (unpaired) electrons. The summed E-state index contributed by atoms with van der Waals surface area (Å²) in [6, 6.07) is 0. The Hall–Kier alpha value is -0.520. The summed E-state index contributed by atoms with van der Waals surface area (Å²) < 4.78 is 0. The van der Waals surface area contributed by atoms with Gasteiger partial charge in [-0.05, 0) is 38.5 Å². The zero-order chi connectivity index (χ0) is 9.90. The summed E-state index contributed by atoms with van der Waals surface area (Å²) in [7, 11) is 0. The Morgan fingerprint density at radius 2 is 1.14 bits per heavy atom. The maximum atomic E-state index is 2.41. The van der Waals surface area contributed by atoms with Crippen LogP contribution >= 0.6 is 0 Å². The molecule has 0 aliphatic heterocycles. The first-order valence-corrected chi connectivity index (χ1v) is 6.12. The largest absolute Gasteiger partial charge is 0.0882 e. The first kappa shape index (κ1) is 11.6. The topological polar surface area (TPSA) is 0 Å².